The summed E-state index contributed by atoms with van der Waals surface area (Å²) in [6, 6.07) is 20.3. The molecule has 1 heterocycles. The number of carbonyl (C=O) groups excluding carboxylic acids is 2. The van der Waals surface area contributed by atoms with Crippen molar-refractivity contribution in [1.82, 2.24) is 15.5 Å². The molecule has 1 aliphatic heterocycles. The average Bonchev–Trinajstić information content (AvgIpc) is 2.74. The third-order valence-corrected chi connectivity index (χ3v) is 5.21. The van der Waals surface area contributed by atoms with Crippen LogP contribution in [0.4, 0.5) is 0 Å². The van der Waals surface area contributed by atoms with Crippen LogP contribution >= 0.6 is 0 Å². The molecule has 0 radical (unpaired) electrons. The molecule has 0 aromatic heterocycles. The normalized spacial score (nSPS) is 17.4. The summed E-state index contributed by atoms with van der Waals surface area (Å²) in [7, 11) is 0. The first-order chi connectivity index (χ1) is 13.7. The van der Waals surface area contributed by atoms with Crippen LogP contribution < -0.4 is 10.6 Å². The van der Waals surface area contributed by atoms with Crippen molar-refractivity contribution in [3.05, 3.63) is 71.8 Å². The molecule has 0 aliphatic carbocycles. The summed E-state index contributed by atoms with van der Waals surface area (Å²) in [6.07, 6.45) is 1.08. The smallest absolute Gasteiger partial charge is 0.237 e. The second-order valence-electron chi connectivity index (χ2n) is 7.23. The summed E-state index contributed by atoms with van der Waals surface area (Å²) >= 11 is 0. The molecule has 0 bridgehead atoms. The fraction of sp³-hybridized carbons (Fsp3) is 0.391. The first kappa shape index (κ1) is 20.1. The van der Waals surface area contributed by atoms with E-state index in [0.717, 1.165) is 13.0 Å². The number of amides is 2. The highest BCUT2D eigenvalue weighted by molar-refractivity contribution is 5.88. The van der Waals surface area contributed by atoms with Crippen molar-refractivity contribution in [2.45, 2.75) is 31.7 Å². The molecule has 0 saturated carbocycles. The van der Waals surface area contributed by atoms with Gasteiger partial charge in [0.25, 0.3) is 0 Å². The zero-order valence-corrected chi connectivity index (χ0v) is 16.4. The summed E-state index contributed by atoms with van der Waals surface area (Å²) in [6.45, 7) is 4.72. The van der Waals surface area contributed by atoms with Crippen molar-refractivity contribution < 1.29 is 9.59 Å². The van der Waals surface area contributed by atoms with Crippen LogP contribution in [0.2, 0.25) is 0 Å². The van der Waals surface area contributed by atoms with Gasteiger partial charge < -0.3 is 10.6 Å². The molecular formula is C23H29N3O2. The number of rotatable bonds is 8. The Labute approximate surface area is 167 Å². The van der Waals surface area contributed by atoms with Crippen LogP contribution in [0.3, 0.4) is 0 Å². The van der Waals surface area contributed by atoms with Crippen LogP contribution in [-0.4, -0.2) is 48.9 Å². The van der Waals surface area contributed by atoms with E-state index >= 15 is 0 Å². The fourth-order valence-corrected chi connectivity index (χ4v) is 3.72. The minimum atomic E-state index is -0.430. The first-order valence-electron chi connectivity index (χ1n) is 10.1. The standard InChI is InChI=1S/C23H29N3O2/c1-2-13-24-22(27)16-21-23(28)25-14-15-26(21)17-20(18-9-5-3-6-10-18)19-11-7-4-8-12-19/h3-12,20-21H,2,13-17H2,1H3,(H,24,27)(H,25,28)/t21-/m0/s1. The van der Waals surface area contributed by atoms with Gasteiger partial charge in [0.1, 0.15) is 0 Å². The fourth-order valence-electron chi connectivity index (χ4n) is 3.72. The third kappa shape index (κ3) is 5.20. The number of piperazine rings is 1. The van der Waals surface area contributed by atoms with E-state index in [1.807, 2.05) is 43.3 Å². The van der Waals surface area contributed by atoms with Crippen molar-refractivity contribution in [3.63, 3.8) is 0 Å². The van der Waals surface area contributed by atoms with E-state index in [0.29, 0.717) is 19.6 Å². The first-order valence-corrected chi connectivity index (χ1v) is 10.1. The Balaban J connectivity index is 1.81. The molecule has 28 heavy (non-hydrogen) atoms. The number of benzene rings is 2. The monoisotopic (exact) mass is 379 g/mol. The second kappa shape index (κ2) is 10.0. The van der Waals surface area contributed by atoms with E-state index in [1.54, 1.807) is 0 Å². The van der Waals surface area contributed by atoms with E-state index in [9.17, 15) is 9.59 Å². The number of nitrogens with one attached hydrogen (secondary N) is 2. The zero-order chi connectivity index (χ0) is 19.8. The van der Waals surface area contributed by atoms with Crippen molar-refractivity contribution in [3.8, 4) is 0 Å². The molecule has 2 N–H and O–H groups in total. The van der Waals surface area contributed by atoms with Gasteiger partial charge in [0.2, 0.25) is 11.8 Å². The van der Waals surface area contributed by atoms with Gasteiger partial charge in [-0.25, -0.2) is 0 Å². The van der Waals surface area contributed by atoms with Crippen molar-refractivity contribution in [1.29, 1.82) is 0 Å². The molecule has 148 valence electrons. The number of hydrogen-bond acceptors (Lipinski definition) is 3. The average molecular weight is 380 g/mol. The second-order valence-corrected chi connectivity index (χ2v) is 7.23. The van der Waals surface area contributed by atoms with Gasteiger partial charge in [0.05, 0.1) is 12.5 Å². The lowest BCUT2D eigenvalue weighted by Crippen LogP contribution is -2.57. The van der Waals surface area contributed by atoms with Crippen LogP contribution in [0.1, 0.15) is 36.8 Å². The van der Waals surface area contributed by atoms with Crippen LogP contribution in [-0.2, 0) is 9.59 Å². The number of nitrogens with zero attached hydrogens (tertiary/aromatic N) is 1. The Morgan fingerprint density at radius 3 is 2.29 bits per heavy atom. The topological polar surface area (TPSA) is 61.4 Å². The van der Waals surface area contributed by atoms with Gasteiger partial charge in [0.15, 0.2) is 0 Å². The molecule has 1 atom stereocenters. The molecular weight excluding hydrogens is 350 g/mol. The number of carbonyl (C=O) groups is 2. The minimum absolute atomic E-state index is 0.0576. The Bertz CT molecular complexity index is 724. The van der Waals surface area contributed by atoms with Gasteiger partial charge in [-0.1, -0.05) is 67.6 Å². The lowest BCUT2D eigenvalue weighted by Gasteiger charge is -2.37. The van der Waals surface area contributed by atoms with Gasteiger partial charge in [-0.15, -0.1) is 0 Å². The predicted octanol–water partition coefficient (Wildman–Crippen LogP) is 2.54. The molecule has 1 fully saturated rings. The van der Waals surface area contributed by atoms with Gasteiger partial charge in [-0.2, -0.15) is 0 Å². The molecule has 0 unspecified atom stereocenters. The molecule has 3 rings (SSSR count). The maximum Gasteiger partial charge on any atom is 0.237 e. The SMILES string of the molecule is CCCNC(=O)C[C@H]1C(=O)NCCN1CC(c1ccccc1)c1ccccc1. The summed E-state index contributed by atoms with van der Waals surface area (Å²) < 4.78 is 0. The quantitative estimate of drug-likeness (QED) is 0.741. The predicted molar refractivity (Wildman–Crippen MR) is 111 cm³/mol. The highest BCUT2D eigenvalue weighted by atomic mass is 16.2. The van der Waals surface area contributed by atoms with Crippen molar-refractivity contribution in [2.24, 2.45) is 0 Å². The van der Waals surface area contributed by atoms with Gasteiger partial charge >= 0.3 is 0 Å². The molecule has 5 heteroatoms. The maximum atomic E-state index is 12.5. The van der Waals surface area contributed by atoms with Gasteiger partial charge in [-0.05, 0) is 17.5 Å². The van der Waals surface area contributed by atoms with Crippen LogP contribution in [0.15, 0.2) is 60.7 Å². The van der Waals surface area contributed by atoms with Crippen molar-refractivity contribution in [2.75, 3.05) is 26.2 Å². The highest BCUT2D eigenvalue weighted by Gasteiger charge is 2.33. The summed E-state index contributed by atoms with van der Waals surface area (Å²) in [5.74, 6) is 0.0251. The van der Waals surface area contributed by atoms with E-state index in [-0.39, 0.29) is 24.2 Å². The van der Waals surface area contributed by atoms with E-state index in [1.165, 1.54) is 11.1 Å². The molecule has 1 saturated heterocycles. The summed E-state index contributed by atoms with van der Waals surface area (Å²) in [5.41, 5.74) is 2.43. The lowest BCUT2D eigenvalue weighted by atomic mass is 9.90. The molecule has 2 aromatic carbocycles. The summed E-state index contributed by atoms with van der Waals surface area (Å²) in [4.78, 5) is 27.0. The van der Waals surface area contributed by atoms with Crippen molar-refractivity contribution >= 4 is 11.8 Å². The lowest BCUT2D eigenvalue weighted by molar-refractivity contribution is -0.134. The Hall–Kier alpha value is -2.66. The molecule has 2 amide bonds. The molecule has 0 spiro atoms. The molecule has 1 aliphatic rings. The van der Waals surface area contributed by atoms with Crippen LogP contribution in [0.5, 0.6) is 0 Å². The van der Waals surface area contributed by atoms with Crippen LogP contribution in [0.25, 0.3) is 0 Å². The Kier molecular flexibility index (Phi) is 7.20. The zero-order valence-electron chi connectivity index (χ0n) is 16.4. The molecule has 5 nitrogen and oxygen atoms in total. The van der Waals surface area contributed by atoms with E-state index in [2.05, 4.69) is 39.8 Å². The minimum Gasteiger partial charge on any atom is -0.356 e. The third-order valence-electron chi connectivity index (χ3n) is 5.21. The highest BCUT2D eigenvalue weighted by Crippen LogP contribution is 2.27. The van der Waals surface area contributed by atoms with Gasteiger partial charge in [0, 0.05) is 32.1 Å². The Morgan fingerprint density at radius 1 is 1.11 bits per heavy atom. The number of hydrogen-bond donors (Lipinski definition) is 2. The maximum absolute atomic E-state index is 12.5. The molecule has 2 aromatic rings. The Morgan fingerprint density at radius 2 is 1.71 bits per heavy atom. The van der Waals surface area contributed by atoms with Gasteiger partial charge in [-0.3, -0.25) is 14.5 Å². The van der Waals surface area contributed by atoms with E-state index < -0.39 is 6.04 Å². The van der Waals surface area contributed by atoms with Crippen LogP contribution in [0, 0.1) is 0 Å². The summed E-state index contributed by atoms with van der Waals surface area (Å²) in [5, 5.41) is 5.81. The largest absolute Gasteiger partial charge is 0.356 e. The van der Waals surface area contributed by atoms with E-state index in [4.69, 9.17) is 0 Å².